The van der Waals surface area contributed by atoms with Crippen molar-refractivity contribution in [3.63, 3.8) is 0 Å². The molecule has 1 aliphatic heterocycles. The zero-order valence-electron chi connectivity index (χ0n) is 8.11. The average molecular weight is 179 g/mol. The van der Waals surface area contributed by atoms with E-state index in [0.717, 1.165) is 11.6 Å². The monoisotopic (exact) mass is 179 g/mol. The van der Waals surface area contributed by atoms with Crippen LogP contribution >= 0.6 is 0 Å². The number of anilines is 1. The molecule has 0 saturated heterocycles. The standard InChI is InChI=1S/C9H13N3O/c1-6(2)7-4-10-9-11(3)8(13)5-12(7)9/h4,6H,5H2,1-3H3. The molecular formula is C9H13N3O. The van der Waals surface area contributed by atoms with Gasteiger partial charge in [-0.1, -0.05) is 13.8 Å². The molecule has 4 nitrogen and oxygen atoms in total. The van der Waals surface area contributed by atoms with Gasteiger partial charge in [-0.25, -0.2) is 4.98 Å². The van der Waals surface area contributed by atoms with Gasteiger partial charge in [-0.05, 0) is 5.92 Å². The van der Waals surface area contributed by atoms with Gasteiger partial charge in [0.25, 0.3) is 0 Å². The highest BCUT2D eigenvalue weighted by Gasteiger charge is 2.27. The second-order valence-corrected chi connectivity index (χ2v) is 3.68. The van der Waals surface area contributed by atoms with E-state index in [2.05, 4.69) is 18.8 Å². The zero-order valence-corrected chi connectivity index (χ0v) is 8.11. The van der Waals surface area contributed by atoms with E-state index >= 15 is 0 Å². The van der Waals surface area contributed by atoms with Crippen LogP contribution in [0.4, 0.5) is 5.95 Å². The predicted molar refractivity (Wildman–Crippen MR) is 49.7 cm³/mol. The molecule has 0 fully saturated rings. The van der Waals surface area contributed by atoms with E-state index < -0.39 is 0 Å². The first-order valence-electron chi connectivity index (χ1n) is 4.43. The van der Waals surface area contributed by atoms with Gasteiger partial charge in [0.15, 0.2) is 0 Å². The molecule has 1 aromatic heterocycles. The summed E-state index contributed by atoms with van der Waals surface area (Å²) in [5.41, 5.74) is 1.13. The molecule has 2 heterocycles. The number of fused-ring (bicyclic) bond motifs is 1. The smallest absolute Gasteiger partial charge is 0.249 e. The lowest BCUT2D eigenvalue weighted by Gasteiger charge is -2.05. The predicted octanol–water partition coefficient (Wildman–Crippen LogP) is 0.983. The van der Waals surface area contributed by atoms with E-state index in [0.29, 0.717) is 12.5 Å². The Labute approximate surface area is 77.2 Å². The van der Waals surface area contributed by atoms with Gasteiger partial charge in [0.2, 0.25) is 11.9 Å². The van der Waals surface area contributed by atoms with Crippen molar-refractivity contribution >= 4 is 11.9 Å². The number of carbonyl (C=O) groups excluding carboxylic acids is 1. The lowest BCUT2D eigenvalue weighted by atomic mass is 10.1. The van der Waals surface area contributed by atoms with Gasteiger partial charge in [-0.15, -0.1) is 0 Å². The SMILES string of the molecule is CC(C)c1cnc2n1CC(=O)N2C. The average Bonchev–Trinajstić information content (AvgIpc) is 2.55. The molecule has 0 bridgehead atoms. The van der Waals surface area contributed by atoms with Crippen LogP contribution in [0.3, 0.4) is 0 Å². The molecule has 0 spiro atoms. The Morgan fingerprint density at radius 3 is 2.85 bits per heavy atom. The summed E-state index contributed by atoms with van der Waals surface area (Å²) in [7, 11) is 1.76. The molecule has 0 saturated carbocycles. The number of rotatable bonds is 1. The summed E-state index contributed by atoms with van der Waals surface area (Å²) in [6.45, 7) is 4.65. The van der Waals surface area contributed by atoms with Crippen molar-refractivity contribution in [3.8, 4) is 0 Å². The van der Waals surface area contributed by atoms with E-state index in [4.69, 9.17) is 0 Å². The Morgan fingerprint density at radius 2 is 2.23 bits per heavy atom. The molecule has 13 heavy (non-hydrogen) atoms. The lowest BCUT2D eigenvalue weighted by molar-refractivity contribution is -0.117. The highest BCUT2D eigenvalue weighted by atomic mass is 16.2. The summed E-state index contributed by atoms with van der Waals surface area (Å²) in [6, 6.07) is 0. The Kier molecular flexibility index (Phi) is 1.65. The van der Waals surface area contributed by atoms with Gasteiger partial charge < -0.3 is 4.57 Å². The van der Waals surface area contributed by atoms with Crippen molar-refractivity contribution in [1.29, 1.82) is 0 Å². The fourth-order valence-corrected chi connectivity index (χ4v) is 1.62. The molecule has 0 unspecified atom stereocenters. The molecule has 1 amide bonds. The van der Waals surface area contributed by atoms with Crippen molar-refractivity contribution in [3.05, 3.63) is 11.9 Å². The number of aromatic nitrogens is 2. The second-order valence-electron chi connectivity index (χ2n) is 3.68. The van der Waals surface area contributed by atoms with Crippen molar-refractivity contribution in [2.45, 2.75) is 26.3 Å². The topological polar surface area (TPSA) is 38.1 Å². The Morgan fingerprint density at radius 1 is 1.54 bits per heavy atom. The van der Waals surface area contributed by atoms with Gasteiger partial charge in [-0.2, -0.15) is 0 Å². The first-order chi connectivity index (χ1) is 6.11. The molecule has 0 aliphatic carbocycles. The van der Waals surface area contributed by atoms with Gasteiger partial charge in [-0.3, -0.25) is 9.69 Å². The Hall–Kier alpha value is -1.32. The van der Waals surface area contributed by atoms with Crippen LogP contribution in [0.1, 0.15) is 25.5 Å². The first kappa shape index (κ1) is 8.29. The van der Waals surface area contributed by atoms with Crippen LogP contribution in [-0.4, -0.2) is 22.5 Å². The highest BCUT2D eigenvalue weighted by Crippen LogP contribution is 2.25. The molecule has 1 aromatic rings. The third-order valence-corrected chi connectivity index (χ3v) is 2.42. The number of likely N-dealkylation sites (N-methyl/N-ethyl adjacent to an activating group) is 1. The summed E-state index contributed by atoms with van der Waals surface area (Å²) in [5, 5.41) is 0. The number of hydrogen-bond donors (Lipinski definition) is 0. The molecule has 1 aliphatic rings. The summed E-state index contributed by atoms with van der Waals surface area (Å²) in [6.07, 6.45) is 1.85. The van der Waals surface area contributed by atoms with Gasteiger partial charge in [0.05, 0.1) is 6.20 Å². The van der Waals surface area contributed by atoms with Gasteiger partial charge in [0.1, 0.15) is 6.54 Å². The lowest BCUT2D eigenvalue weighted by Crippen LogP contribution is -2.21. The van der Waals surface area contributed by atoms with Gasteiger partial charge >= 0.3 is 0 Å². The number of amides is 1. The summed E-state index contributed by atoms with van der Waals surface area (Å²) in [4.78, 5) is 17.2. The van der Waals surface area contributed by atoms with Crippen molar-refractivity contribution in [2.24, 2.45) is 0 Å². The molecule has 0 atom stereocenters. The van der Waals surface area contributed by atoms with Crippen LogP contribution in [-0.2, 0) is 11.3 Å². The third kappa shape index (κ3) is 1.05. The molecule has 2 rings (SSSR count). The fourth-order valence-electron chi connectivity index (χ4n) is 1.62. The summed E-state index contributed by atoms with van der Waals surface area (Å²) >= 11 is 0. The summed E-state index contributed by atoms with van der Waals surface area (Å²) in [5.74, 6) is 1.30. The Bertz CT molecular complexity index is 354. The quantitative estimate of drug-likeness (QED) is 0.644. The minimum atomic E-state index is 0.116. The van der Waals surface area contributed by atoms with Crippen LogP contribution in [0.15, 0.2) is 6.20 Å². The number of carbonyl (C=O) groups is 1. The largest absolute Gasteiger partial charge is 0.304 e. The van der Waals surface area contributed by atoms with Crippen LogP contribution in [0, 0.1) is 0 Å². The molecule has 0 aromatic carbocycles. The van der Waals surface area contributed by atoms with Crippen LogP contribution < -0.4 is 4.90 Å². The number of hydrogen-bond acceptors (Lipinski definition) is 2. The van der Waals surface area contributed by atoms with E-state index in [1.165, 1.54) is 0 Å². The minimum Gasteiger partial charge on any atom is -0.304 e. The second kappa shape index (κ2) is 2.58. The molecular weight excluding hydrogens is 166 g/mol. The Balaban J connectivity index is 2.47. The molecule has 0 N–H and O–H groups in total. The normalized spacial score (nSPS) is 15.7. The van der Waals surface area contributed by atoms with E-state index in [1.807, 2.05) is 10.8 Å². The molecule has 4 heteroatoms. The van der Waals surface area contributed by atoms with Crippen molar-refractivity contribution in [2.75, 3.05) is 11.9 Å². The number of imidazole rings is 1. The van der Waals surface area contributed by atoms with E-state index in [-0.39, 0.29) is 5.91 Å². The van der Waals surface area contributed by atoms with E-state index in [9.17, 15) is 4.79 Å². The van der Waals surface area contributed by atoms with Crippen LogP contribution in [0.5, 0.6) is 0 Å². The first-order valence-corrected chi connectivity index (χ1v) is 4.43. The van der Waals surface area contributed by atoms with E-state index in [1.54, 1.807) is 11.9 Å². The maximum atomic E-state index is 11.3. The maximum Gasteiger partial charge on any atom is 0.249 e. The summed E-state index contributed by atoms with van der Waals surface area (Å²) < 4.78 is 1.98. The van der Waals surface area contributed by atoms with Crippen LogP contribution in [0.25, 0.3) is 0 Å². The minimum absolute atomic E-state index is 0.116. The molecule has 0 radical (unpaired) electrons. The maximum absolute atomic E-state index is 11.3. The third-order valence-electron chi connectivity index (χ3n) is 2.42. The van der Waals surface area contributed by atoms with Crippen molar-refractivity contribution < 1.29 is 4.79 Å². The number of nitrogens with zero attached hydrogens (tertiary/aromatic N) is 3. The van der Waals surface area contributed by atoms with Crippen LogP contribution in [0.2, 0.25) is 0 Å². The zero-order chi connectivity index (χ0) is 9.59. The van der Waals surface area contributed by atoms with Crippen molar-refractivity contribution in [1.82, 2.24) is 9.55 Å². The fraction of sp³-hybridized carbons (Fsp3) is 0.556. The van der Waals surface area contributed by atoms with Gasteiger partial charge in [0, 0.05) is 12.7 Å². The molecule has 70 valence electrons. The highest BCUT2D eigenvalue weighted by molar-refractivity contribution is 5.94.